The molecule has 30 heavy (non-hydrogen) atoms. The molecule has 0 aromatic rings. The van der Waals surface area contributed by atoms with Crippen molar-refractivity contribution in [3.05, 3.63) is 0 Å². The van der Waals surface area contributed by atoms with Crippen molar-refractivity contribution < 1.29 is 72.9 Å². The first kappa shape index (κ1) is 32.6. The van der Waals surface area contributed by atoms with Gasteiger partial charge in [-0.15, -0.1) is 0 Å². The molecule has 11 heteroatoms. The number of carbonyl (C=O) groups is 1. The van der Waals surface area contributed by atoms with Gasteiger partial charge in [-0.3, -0.25) is 9.36 Å². The maximum Gasteiger partial charge on any atom is 1.00 e. The third-order valence-corrected chi connectivity index (χ3v) is 5.16. The van der Waals surface area contributed by atoms with E-state index in [1.54, 1.807) is 0 Å². The Hall–Kier alpha value is 0.460. The summed E-state index contributed by atoms with van der Waals surface area (Å²) >= 11 is 0. The fourth-order valence-electron chi connectivity index (χ4n) is 2.51. The van der Waals surface area contributed by atoms with Crippen molar-refractivity contribution in [3.63, 3.8) is 0 Å². The summed E-state index contributed by atoms with van der Waals surface area (Å²) in [6, 6.07) is 0. The minimum absolute atomic E-state index is 0. The van der Waals surface area contributed by atoms with Gasteiger partial charge >= 0.3 is 35.5 Å². The van der Waals surface area contributed by atoms with Crippen LogP contribution in [0.3, 0.4) is 0 Å². The van der Waals surface area contributed by atoms with E-state index >= 15 is 0 Å². The Morgan fingerprint density at radius 3 is 1.83 bits per heavy atom. The predicted octanol–water partition coefficient (Wildman–Crippen LogP) is -0.940. The van der Waals surface area contributed by atoms with Crippen LogP contribution in [0.5, 0.6) is 0 Å². The molecule has 0 aliphatic carbocycles. The summed E-state index contributed by atoms with van der Waals surface area (Å²) in [5.41, 5.74) is 0. The summed E-state index contributed by atoms with van der Waals surface area (Å²) < 4.78 is 25.0. The Morgan fingerprint density at radius 1 is 0.867 bits per heavy atom. The number of ether oxygens (including phenoxy) is 1. The van der Waals surface area contributed by atoms with Crippen LogP contribution in [0.1, 0.15) is 77.6 Å². The predicted molar refractivity (Wildman–Crippen MR) is 106 cm³/mol. The van der Waals surface area contributed by atoms with Gasteiger partial charge in [-0.05, 0) is 6.42 Å². The van der Waals surface area contributed by atoms with Crippen LogP contribution in [0.4, 0.5) is 0 Å². The van der Waals surface area contributed by atoms with Gasteiger partial charge in [0.05, 0.1) is 19.8 Å². The molecule has 3 atom stereocenters. The fraction of sp³-hybridized carbons (Fsp3) is 0.947. The molecule has 0 bridgehead atoms. The van der Waals surface area contributed by atoms with Gasteiger partial charge in [0.1, 0.15) is 18.8 Å². The summed E-state index contributed by atoms with van der Waals surface area (Å²) in [7, 11) is -4.72. The van der Waals surface area contributed by atoms with Crippen LogP contribution in [0.25, 0.3) is 0 Å². The SMILES string of the molecule is CCCCCCCCCCCCC(=O)OC[C@@H](O)COP(=O)([O-])OCC(O)CO.[Na+]. The second-order valence-corrected chi connectivity index (χ2v) is 8.55. The van der Waals surface area contributed by atoms with Gasteiger partial charge in [-0.25, -0.2) is 0 Å². The first-order chi connectivity index (χ1) is 13.8. The summed E-state index contributed by atoms with van der Waals surface area (Å²) in [6.45, 7) is -0.120. The molecule has 2 unspecified atom stereocenters. The molecule has 0 aliphatic heterocycles. The van der Waals surface area contributed by atoms with Crippen LogP contribution in [0.15, 0.2) is 0 Å². The van der Waals surface area contributed by atoms with Crippen molar-refractivity contribution in [1.82, 2.24) is 0 Å². The average Bonchev–Trinajstić information content (AvgIpc) is 2.70. The molecular formula is C19H38NaO9P. The Labute approximate surface area is 202 Å². The van der Waals surface area contributed by atoms with Gasteiger partial charge in [0, 0.05) is 6.42 Å². The monoisotopic (exact) mass is 464 g/mol. The summed E-state index contributed by atoms with van der Waals surface area (Å²) in [5.74, 6) is -0.448. The van der Waals surface area contributed by atoms with Crippen molar-refractivity contribution in [2.75, 3.05) is 26.4 Å². The molecule has 0 aliphatic rings. The molecule has 3 N–H and O–H groups in total. The van der Waals surface area contributed by atoms with Gasteiger partial charge in [0.15, 0.2) is 0 Å². The molecule has 0 spiro atoms. The van der Waals surface area contributed by atoms with E-state index in [1.165, 1.54) is 44.9 Å². The van der Waals surface area contributed by atoms with E-state index in [1.807, 2.05) is 0 Å². The van der Waals surface area contributed by atoms with Crippen molar-refractivity contribution in [2.24, 2.45) is 0 Å². The number of aliphatic hydroxyl groups excluding tert-OH is 3. The van der Waals surface area contributed by atoms with Gasteiger partial charge < -0.3 is 34.0 Å². The quantitative estimate of drug-likeness (QED) is 0.0899. The maximum atomic E-state index is 11.6. The fourth-order valence-corrected chi connectivity index (χ4v) is 3.29. The molecule has 0 heterocycles. The Kier molecular flexibility index (Phi) is 23.2. The zero-order valence-electron chi connectivity index (χ0n) is 18.5. The number of rotatable bonds is 20. The smallest absolute Gasteiger partial charge is 0.756 e. The number of hydrogen-bond donors (Lipinski definition) is 3. The number of carbonyl (C=O) groups excluding carboxylic acids is 1. The summed E-state index contributed by atoms with van der Waals surface area (Å²) in [5, 5.41) is 27.2. The minimum atomic E-state index is -4.72. The largest absolute Gasteiger partial charge is 1.00 e. The van der Waals surface area contributed by atoms with E-state index in [0.717, 1.165) is 19.3 Å². The van der Waals surface area contributed by atoms with Gasteiger partial charge in [-0.2, -0.15) is 0 Å². The first-order valence-corrected chi connectivity index (χ1v) is 12.0. The van der Waals surface area contributed by atoms with E-state index in [0.29, 0.717) is 0 Å². The normalized spacial score (nSPS) is 15.1. The van der Waals surface area contributed by atoms with Gasteiger partial charge in [0.2, 0.25) is 0 Å². The van der Waals surface area contributed by atoms with Crippen LogP contribution in [-0.2, 0) is 23.1 Å². The van der Waals surface area contributed by atoms with E-state index in [2.05, 4.69) is 16.0 Å². The van der Waals surface area contributed by atoms with E-state index in [4.69, 9.17) is 14.9 Å². The maximum absolute atomic E-state index is 11.6. The van der Waals surface area contributed by atoms with Crippen LogP contribution < -0.4 is 34.5 Å². The molecule has 0 amide bonds. The second-order valence-electron chi connectivity index (χ2n) is 7.14. The third-order valence-electron chi connectivity index (χ3n) is 4.23. The average molecular weight is 464 g/mol. The van der Waals surface area contributed by atoms with Crippen molar-refractivity contribution in [1.29, 1.82) is 0 Å². The summed E-state index contributed by atoms with van der Waals surface area (Å²) in [4.78, 5) is 23.0. The van der Waals surface area contributed by atoms with Crippen LogP contribution >= 0.6 is 7.82 Å². The number of hydrogen-bond acceptors (Lipinski definition) is 9. The van der Waals surface area contributed by atoms with Crippen molar-refractivity contribution >= 4 is 13.8 Å². The topological polar surface area (TPSA) is 146 Å². The Balaban J connectivity index is 0. The van der Waals surface area contributed by atoms with Crippen molar-refractivity contribution in [2.45, 2.75) is 89.8 Å². The van der Waals surface area contributed by atoms with Gasteiger partial charge in [0.25, 0.3) is 7.82 Å². The third kappa shape index (κ3) is 21.7. The molecule has 0 fully saturated rings. The van der Waals surface area contributed by atoms with E-state index in [-0.39, 0.29) is 42.6 Å². The van der Waals surface area contributed by atoms with Crippen LogP contribution in [0, 0.1) is 0 Å². The molecule has 9 nitrogen and oxygen atoms in total. The Bertz CT molecular complexity index is 454. The molecule has 174 valence electrons. The molecule has 0 aromatic heterocycles. The van der Waals surface area contributed by atoms with E-state index in [9.17, 15) is 19.4 Å². The molecule has 0 aromatic carbocycles. The second kappa shape index (κ2) is 21.3. The summed E-state index contributed by atoms with van der Waals surface area (Å²) in [6.07, 6.45) is 9.18. The number of unbranched alkanes of at least 4 members (excludes halogenated alkanes) is 9. The Morgan fingerprint density at radius 2 is 1.33 bits per heavy atom. The zero-order chi connectivity index (χ0) is 22.0. The molecule has 0 radical (unpaired) electrons. The minimum Gasteiger partial charge on any atom is -0.756 e. The zero-order valence-corrected chi connectivity index (χ0v) is 21.4. The van der Waals surface area contributed by atoms with E-state index < -0.39 is 45.8 Å². The standard InChI is InChI=1S/C19H39O9P.Na/c1-2-3-4-5-6-7-8-9-10-11-12-19(23)26-14-18(22)16-28-29(24,25)27-15-17(21)13-20;/h17-18,20-22H,2-16H2,1H3,(H,24,25);/q;+1/p-1/t17?,18-;/m1./s1. The molecule has 0 rings (SSSR count). The van der Waals surface area contributed by atoms with Crippen LogP contribution in [0.2, 0.25) is 0 Å². The molecular weight excluding hydrogens is 426 g/mol. The van der Waals surface area contributed by atoms with Gasteiger partial charge in [-0.1, -0.05) is 64.7 Å². The number of phosphoric ester groups is 1. The number of phosphoric acid groups is 1. The first-order valence-electron chi connectivity index (χ1n) is 10.5. The number of aliphatic hydroxyl groups is 3. The van der Waals surface area contributed by atoms with Crippen LogP contribution in [-0.4, -0.2) is 59.9 Å². The molecule has 0 saturated heterocycles. The molecule has 0 saturated carbocycles. The van der Waals surface area contributed by atoms with Crippen molar-refractivity contribution in [3.8, 4) is 0 Å². The number of esters is 1.